The van der Waals surface area contributed by atoms with Crippen LogP contribution in [-0.2, 0) is 0 Å². The topological polar surface area (TPSA) is 33.4 Å². The largest absolute Gasteiger partial charge is 0.458 e. The number of halogens is 1. The average Bonchev–Trinajstić information content (AvgIpc) is 2.44. The predicted octanol–water partition coefficient (Wildman–Crippen LogP) is 2.93. The lowest BCUT2D eigenvalue weighted by Crippen LogP contribution is -1.89. The van der Waals surface area contributed by atoms with Crippen LogP contribution in [0, 0.1) is 12.7 Å². The maximum atomic E-state index is 12.9. The van der Waals surface area contributed by atoms with Gasteiger partial charge in [0.2, 0.25) is 0 Å². The minimum absolute atomic E-state index is 0.293. The lowest BCUT2D eigenvalue weighted by atomic mass is 10.1. The summed E-state index contributed by atoms with van der Waals surface area (Å²) in [5.41, 5.74) is 1.41. The highest BCUT2D eigenvalue weighted by atomic mass is 19.1. The highest BCUT2D eigenvalue weighted by Gasteiger charge is 2.14. The molecular weight excluding hydrogens is 183 g/mol. The van der Waals surface area contributed by atoms with Crippen LogP contribution in [0.25, 0.3) is 11.0 Å². The van der Waals surface area contributed by atoms with Crippen LogP contribution in [0.15, 0.2) is 22.6 Å². The van der Waals surface area contributed by atoms with E-state index in [2.05, 4.69) is 0 Å². The fraction of sp³-hybridized carbons (Fsp3) is 0.273. The maximum absolute atomic E-state index is 12.9. The van der Waals surface area contributed by atoms with Crippen molar-refractivity contribution in [3.8, 4) is 0 Å². The van der Waals surface area contributed by atoms with Gasteiger partial charge < -0.3 is 9.52 Å². The highest BCUT2D eigenvalue weighted by molar-refractivity contribution is 5.82. The number of hydrogen-bond donors (Lipinski definition) is 1. The van der Waals surface area contributed by atoms with Crippen LogP contribution in [0.3, 0.4) is 0 Å². The lowest BCUT2D eigenvalue weighted by molar-refractivity contribution is 0.171. The molecule has 1 N–H and O–H groups in total. The zero-order chi connectivity index (χ0) is 10.3. The molecule has 2 aromatic rings. The van der Waals surface area contributed by atoms with Crippen molar-refractivity contribution in [1.82, 2.24) is 0 Å². The van der Waals surface area contributed by atoms with Crippen molar-refractivity contribution < 1.29 is 13.9 Å². The number of fused-ring (bicyclic) bond motifs is 1. The number of hydrogen-bond acceptors (Lipinski definition) is 2. The van der Waals surface area contributed by atoms with E-state index in [-0.39, 0.29) is 5.82 Å². The van der Waals surface area contributed by atoms with Crippen LogP contribution < -0.4 is 0 Å². The summed E-state index contributed by atoms with van der Waals surface area (Å²) in [6, 6.07) is 4.33. The molecule has 0 saturated heterocycles. The molecule has 0 spiro atoms. The zero-order valence-electron chi connectivity index (χ0n) is 8.04. The molecule has 2 nitrogen and oxygen atoms in total. The molecule has 1 aromatic heterocycles. The maximum Gasteiger partial charge on any atom is 0.136 e. The molecule has 3 heteroatoms. The van der Waals surface area contributed by atoms with Crippen molar-refractivity contribution >= 4 is 11.0 Å². The summed E-state index contributed by atoms with van der Waals surface area (Å²) >= 11 is 0. The van der Waals surface area contributed by atoms with E-state index < -0.39 is 6.10 Å². The smallest absolute Gasteiger partial charge is 0.136 e. The summed E-state index contributed by atoms with van der Waals surface area (Å²) in [6.45, 7) is 3.44. The van der Waals surface area contributed by atoms with Gasteiger partial charge in [0, 0.05) is 10.9 Å². The number of aliphatic hydroxyl groups excluding tert-OH is 1. The first kappa shape index (κ1) is 9.21. The van der Waals surface area contributed by atoms with Crippen molar-refractivity contribution in [2.24, 2.45) is 0 Å². The molecule has 0 aliphatic carbocycles. The molecule has 0 amide bonds. The minimum Gasteiger partial charge on any atom is -0.458 e. The Morgan fingerprint density at radius 3 is 2.79 bits per heavy atom. The molecule has 14 heavy (non-hydrogen) atoms. The van der Waals surface area contributed by atoms with E-state index in [1.165, 1.54) is 12.1 Å². The van der Waals surface area contributed by atoms with Gasteiger partial charge in [-0.1, -0.05) is 0 Å². The first-order valence-corrected chi connectivity index (χ1v) is 4.46. The van der Waals surface area contributed by atoms with Gasteiger partial charge in [0.05, 0.1) is 0 Å². The second kappa shape index (κ2) is 3.10. The van der Waals surface area contributed by atoms with Crippen LogP contribution in [-0.4, -0.2) is 5.11 Å². The fourth-order valence-corrected chi connectivity index (χ4v) is 1.61. The van der Waals surface area contributed by atoms with Crippen molar-refractivity contribution in [3.63, 3.8) is 0 Å². The van der Waals surface area contributed by atoms with Gasteiger partial charge in [0.25, 0.3) is 0 Å². The van der Waals surface area contributed by atoms with Gasteiger partial charge in [-0.15, -0.1) is 0 Å². The Kier molecular flexibility index (Phi) is 2.04. The summed E-state index contributed by atoms with van der Waals surface area (Å²) in [7, 11) is 0. The van der Waals surface area contributed by atoms with E-state index in [9.17, 15) is 9.50 Å². The molecule has 0 bridgehead atoms. The van der Waals surface area contributed by atoms with E-state index in [0.29, 0.717) is 11.3 Å². The number of aliphatic hydroxyl groups is 1. The molecule has 0 saturated carbocycles. The molecule has 0 fully saturated rings. The molecule has 0 radical (unpaired) electrons. The Hall–Kier alpha value is -1.35. The lowest BCUT2D eigenvalue weighted by Gasteiger charge is -1.99. The van der Waals surface area contributed by atoms with E-state index in [0.717, 1.165) is 10.9 Å². The summed E-state index contributed by atoms with van der Waals surface area (Å²) in [5, 5.41) is 10.1. The van der Waals surface area contributed by atoms with Crippen LogP contribution in [0.1, 0.15) is 24.4 Å². The van der Waals surface area contributed by atoms with Gasteiger partial charge in [0.1, 0.15) is 23.3 Å². The third-order valence-corrected chi connectivity index (χ3v) is 2.31. The third kappa shape index (κ3) is 1.30. The number of benzene rings is 1. The van der Waals surface area contributed by atoms with Gasteiger partial charge in [-0.3, -0.25) is 0 Å². The van der Waals surface area contributed by atoms with E-state index in [1.807, 2.05) is 6.92 Å². The van der Waals surface area contributed by atoms with Crippen molar-refractivity contribution in [1.29, 1.82) is 0 Å². The molecule has 0 aliphatic rings. The molecular formula is C11H11FO2. The molecule has 1 heterocycles. The third-order valence-electron chi connectivity index (χ3n) is 2.31. The standard InChI is InChI=1S/C11H11FO2/c1-6-9-5-8(12)3-4-10(9)14-11(6)7(2)13/h3-5,7,13H,1-2H3. The summed E-state index contributed by atoms with van der Waals surface area (Å²) < 4.78 is 18.3. The predicted molar refractivity (Wildman–Crippen MR) is 51.5 cm³/mol. The van der Waals surface area contributed by atoms with Crippen molar-refractivity contribution in [2.45, 2.75) is 20.0 Å². The Morgan fingerprint density at radius 1 is 1.43 bits per heavy atom. The summed E-state index contributed by atoms with van der Waals surface area (Å²) in [6.07, 6.45) is -0.662. The summed E-state index contributed by atoms with van der Waals surface area (Å²) in [4.78, 5) is 0. The Bertz CT molecular complexity index is 471. The molecule has 0 aliphatic heterocycles. The first-order chi connectivity index (χ1) is 6.59. The Labute approximate surface area is 81.0 Å². The summed E-state index contributed by atoms with van der Waals surface area (Å²) in [5.74, 6) is 0.212. The van der Waals surface area contributed by atoms with Gasteiger partial charge in [-0.2, -0.15) is 0 Å². The van der Waals surface area contributed by atoms with Crippen LogP contribution in [0.4, 0.5) is 4.39 Å². The molecule has 2 rings (SSSR count). The van der Waals surface area contributed by atoms with Gasteiger partial charge >= 0.3 is 0 Å². The second-order valence-corrected chi connectivity index (χ2v) is 3.41. The fourth-order valence-electron chi connectivity index (χ4n) is 1.61. The van der Waals surface area contributed by atoms with Crippen LogP contribution in [0.2, 0.25) is 0 Å². The Balaban J connectivity index is 2.74. The van der Waals surface area contributed by atoms with E-state index >= 15 is 0 Å². The number of furan rings is 1. The molecule has 1 unspecified atom stereocenters. The molecule has 74 valence electrons. The van der Waals surface area contributed by atoms with E-state index in [1.54, 1.807) is 13.0 Å². The first-order valence-electron chi connectivity index (χ1n) is 4.46. The SMILES string of the molecule is Cc1c(C(C)O)oc2ccc(F)cc12. The number of rotatable bonds is 1. The molecule has 1 aromatic carbocycles. The Morgan fingerprint density at radius 2 is 2.14 bits per heavy atom. The normalized spacial score (nSPS) is 13.4. The van der Waals surface area contributed by atoms with E-state index in [4.69, 9.17) is 4.42 Å². The van der Waals surface area contributed by atoms with Crippen molar-refractivity contribution in [2.75, 3.05) is 0 Å². The van der Waals surface area contributed by atoms with Crippen LogP contribution in [0.5, 0.6) is 0 Å². The average molecular weight is 194 g/mol. The van der Waals surface area contributed by atoms with Crippen molar-refractivity contribution in [3.05, 3.63) is 35.3 Å². The number of aryl methyl sites for hydroxylation is 1. The van der Waals surface area contributed by atoms with Gasteiger partial charge in [-0.05, 0) is 32.0 Å². The van der Waals surface area contributed by atoms with Crippen LogP contribution >= 0.6 is 0 Å². The quantitative estimate of drug-likeness (QED) is 0.757. The molecule has 1 atom stereocenters. The van der Waals surface area contributed by atoms with Gasteiger partial charge in [-0.25, -0.2) is 4.39 Å². The van der Waals surface area contributed by atoms with Gasteiger partial charge in [0.15, 0.2) is 0 Å². The highest BCUT2D eigenvalue weighted by Crippen LogP contribution is 2.29. The zero-order valence-corrected chi connectivity index (χ0v) is 8.04. The minimum atomic E-state index is -0.662. The monoisotopic (exact) mass is 194 g/mol. The second-order valence-electron chi connectivity index (χ2n) is 3.41.